The Morgan fingerprint density at radius 1 is 1.48 bits per heavy atom. The van der Waals surface area contributed by atoms with E-state index in [2.05, 4.69) is 16.1 Å². The molecule has 1 aliphatic rings. The number of hydrogen-bond donors (Lipinski definition) is 0. The fourth-order valence-electron chi connectivity index (χ4n) is 2.75. The fourth-order valence-corrected chi connectivity index (χ4v) is 3.00. The lowest BCUT2D eigenvalue weighted by molar-refractivity contribution is 0.308. The van der Waals surface area contributed by atoms with Crippen LogP contribution in [0.2, 0.25) is 5.02 Å². The Morgan fingerprint density at radius 2 is 2.29 bits per heavy atom. The van der Waals surface area contributed by atoms with Gasteiger partial charge in [0.05, 0.1) is 16.7 Å². The summed E-state index contributed by atoms with van der Waals surface area (Å²) in [6.07, 6.45) is 0.798. The first-order valence-corrected chi connectivity index (χ1v) is 7.08. The van der Waals surface area contributed by atoms with Crippen molar-refractivity contribution in [2.75, 3.05) is 13.6 Å². The molecule has 1 aliphatic heterocycles. The molecule has 0 radical (unpaired) electrons. The van der Waals surface area contributed by atoms with E-state index in [1.165, 1.54) is 6.07 Å². The molecule has 0 aliphatic carbocycles. The van der Waals surface area contributed by atoms with E-state index in [9.17, 15) is 4.39 Å². The van der Waals surface area contributed by atoms with Crippen molar-refractivity contribution in [2.24, 2.45) is 0 Å². The zero-order valence-electron chi connectivity index (χ0n) is 11.6. The number of aromatic nitrogens is 2. The van der Waals surface area contributed by atoms with Crippen molar-refractivity contribution in [1.82, 2.24) is 14.7 Å². The highest BCUT2D eigenvalue weighted by Crippen LogP contribution is 2.35. The van der Waals surface area contributed by atoms with Gasteiger partial charge in [-0.05, 0) is 19.2 Å². The molecule has 0 saturated carbocycles. The van der Waals surface area contributed by atoms with Gasteiger partial charge >= 0.3 is 0 Å². The van der Waals surface area contributed by atoms with Gasteiger partial charge in [0.2, 0.25) is 0 Å². The van der Waals surface area contributed by atoms with Gasteiger partial charge in [0, 0.05) is 30.8 Å². The van der Waals surface area contributed by atoms with Gasteiger partial charge in [-0.2, -0.15) is 10.4 Å². The molecule has 0 fully saturated rings. The highest BCUT2D eigenvalue weighted by atomic mass is 35.5. The molecule has 0 atom stereocenters. The van der Waals surface area contributed by atoms with E-state index in [1.54, 1.807) is 16.8 Å². The van der Waals surface area contributed by atoms with Crippen molar-refractivity contribution in [1.29, 1.82) is 5.26 Å². The lowest BCUT2D eigenvalue weighted by Gasteiger charge is -2.23. The molecule has 4 nitrogen and oxygen atoms in total. The van der Waals surface area contributed by atoms with Crippen LogP contribution in [-0.2, 0) is 19.5 Å². The smallest absolute Gasteiger partial charge is 0.134 e. The predicted octanol–water partition coefficient (Wildman–Crippen LogP) is 2.85. The van der Waals surface area contributed by atoms with E-state index in [1.807, 2.05) is 7.05 Å². The second kappa shape index (κ2) is 5.47. The van der Waals surface area contributed by atoms with Crippen LogP contribution in [0.15, 0.2) is 18.2 Å². The number of rotatable bonds is 2. The third-order valence-electron chi connectivity index (χ3n) is 3.74. The van der Waals surface area contributed by atoms with Gasteiger partial charge in [-0.1, -0.05) is 17.7 Å². The topological polar surface area (TPSA) is 44.9 Å². The van der Waals surface area contributed by atoms with Gasteiger partial charge in [0.15, 0.2) is 0 Å². The Balaban J connectivity index is 2.21. The molecule has 0 amide bonds. The molecule has 1 aromatic heterocycles. The minimum absolute atomic E-state index is 0.165. The molecule has 21 heavy (non-hydrogen) atoms. The molecule has 2 heterocycles. The molecule has 2 aromatic rings. The Labute approximate surface area is 127 Å². The van der Waals surface area contributed by atoms with Crippen LogP contribution in [0.5, 0.6) is 0 Å². The monoisotopic (exact) mass is 304 g/mol. The summed E-state index contributed by atoms with van der Waals surface area (Å²) in [6, 6.07) is 6.71. The van der Waals surface area contributed by atoms with Crippen LogP contribution in [0, 0.1) is 17.1 Å². The molecule has 0 N–H and O–H groups in total. The number of halogens is 2. The van der Waals surface area contributed by atoms with Crippen LogP contribution in [-0.4, -0.2) is 28.3 Å². The quantitative estimate of drug-likeness (QED) is 0.857. The Kier molecular flexibility index (Phi) is 3.66. The summed E-state index contributed by atoms with van der Waals surface area (Å²) in [5, 5.41) is 13.7. The summed E-state index contributed by atoms with van der Waals surface area (Å²) >= 11 is 6.16. The Morgan fingerprint density at radius 3 is 3.00 bits per heavy atom. The molecule has 0 spiro atoms. The van der Waals surface area contributed by atoms with E-state index in [4.69, 9.17) is 16.9 Å². The average Bonchev–Trinajstić information content (AvgIpc) is 2.77. The van der Waals surface area contributed by atoms with Crippen molar-refractivity contribution < 1.29 is 4.39 Å². The van der Waals surface area contributed by atoms with Gasteiger partial charge < -0.3 is 4.90 Å². The molecule has 6 heteroatoms. The van der Waals surface area contributed by atoms with Crippen LogP contribution < -0.4 is 0 Å². The first-order valence-electron chi connectivity index (χ1n) is 6.70. The highest BCUT2D eigenvalue weighted by molar-refractivity contribution is 6.33. The highest BCUT2D eigenvalue weighted by Gasteiger charge is 2.26. The van der Waals surface area contributed by atoms with E-state index in [0.29, 0.717) is 22.8 Å². The third-order valence-corrected chi connectivity index (χ3v) is 4.06. The van der Waals surface area contributed by atoms with E-state index < -0.39 is 0 Å². The van der Waals surface area contributed by atoms with Gasteiger partial charge in [-0.25, -0.2) is 4.39 Å². The van der Waals surface area contributed by atoms with Gasteiger partial charge in [0.25, 0.3) is 0 Å². The maximum Gasteiger partial charge on any atom is 0.134 e. The summed E-state index contributed by atoms with van der Waals surface area (Å²) in [5.41, 5.74) is 2.84. The normalized spacial score (nSPS) is 14.8. The summed E-state index contributed by atoms with van der Waals surface area (Å²) < 4.78 is 15.9. The lowest BCUT2D eigenvalue weighted by Crippen LogP contribution is -2.27. The third kappa shape index (κ3) is 2.41. The summed E-state index contributed by atoms with van der Waals surface area (Å²) in [7, 11) is 2.01. The maximum atomic E-state index is 14.2. The lowest BCUT2D eigenvalue weighted by atomic mass is 10.0. The van der Waals surface area contributed by atoms with E-state index in [-0.39, 0.29) is 12.4 Å². The number of benzene rings is 1. The van der Waals surface area contributed by atoms with Crippen molar-refractivity contribution >= 4 is 11.6 Å². The zero-order valence-corrected chi connectivity index (χ0v) is 12.4. The molecule has 0 unspecified atom stereocenters. The van der Waals surface area contributed by atoms with Crippen molar-refractivity contribution in [2.45, 2.75) is 19.5 Å². The first kappa shape index (κ1) is 14.1. The predicted molar refractivity (Wildman–Crippen MR) is 78.3 cm³/mol. The number of fused-ring (bicyclic) bond motifs is 1. The Bertz CT molecular complexity index is 712. The minimum Gasteiger partial charge on any atom is -0.302 e. The summed E-state index contributed by atoms with van der Waals surface area (Å²) in [4.78, 5) is 2.15. The first-order chi connectivity index (χ1) is 10.1. The van der Waals surface area contributed by atoms with Crippen molar-refractivity contribution in [3.05, 3.63) is 40.3 Å². The van der Waals surface area contributed by atoms with Gasteiger partial charge in [-0.15, -0.1) is 0 Å². The van der Waals surface area contributed by atoms with Gasteiger partial charge in [0.1, 0.15) is 18.1 Å². The standard InChI is InChI=1S/C15H14ClFN4/c1-20-7-5-13-10(9-20)15(19-21(13)8-6-18)14-11(16)3-2-4-12(14)17/h2-4H,5,7-9H2,1H3. The zero-order chi connectivity index (χ0) is 15.0. The molecule has 108 valence electrons. The number of likely N-dealkylation sites (N-methyl/N-ethyl adjacent to an activating group) is 1. The van der Waals surface area contributed by atoms with Gasteiger partial charge in [-0.3, -0.25) is 4.68 Å². The molecule has 1 aromatic carbocycles. The van der Waals surface area contributed by atoms with Crippen molar-refractivity contribution in [3.63, 3.8) is 0 Å². The molecular weight excluding hydrogens is 291 g/mol. The van der Waals surface area contributed by atoms with Crippen LogP contribution in [0.3, 0.4) is 0 Å². The summed E-state index contributed by atoms with van der Waals surface area (Å²) in [5.74, 6) is -0.389. The van der Waals surface area contributed by atoms with Crippen LogP contribution in [0.25, 0.3) is 11.3 Å². The molecular formula is C15H14ClFN4. The second-order valence-electron chi connectivity index (χ2n) is 5.17. The van der Waals surface area contributed by atoms with Crippen LogP contribution >= 0.6 is 11.6 Å². The molecule has 0 saturated heterocycles. The number of nitriles is 1. The maximum absolute atomic E-state index is 14.2. The average molecular weight is 305 g/mol. The minimum atomic E-state index is -0.389. The summed E-state index contributed by atoms with van der Waals surface area (Å²) in [6.45, 7) is 1.74. The number of nitrogens with zero attached hydrogens (tertiary/aromatic N) is 4. The van der Waals surface area contributed by atoms with Crippen LogP contribution in [0.1, 0.15) is 11.3 Å². The fraction of sp³-hybridized carbons (Fsp3) is 0.333. The largest absolute Gasteiger partial charge is 0.302 e. The van der Waals surface area contributed by atoms with E-state index in [0.717, 1.165) is 24.2 Å². The second-order valence-corrected chi connectivity index (χ2v) is 5.58. The van der Waals surface area contributed by atoms with E-state index >= 15 is 0 Å². The number of hydrogen-bond acceptors (Lipinski definition) is 3. The molecule has 3 rings (SSSR count). The Hall–Kier alpha value is -1.90. The molecule has 0 bridgehead atoms. The van der Waals surface area contributed by atoms with Crippen molar-refractivity contribution in [3.8, 4) is 17.3 Å². The SMILES string of the molecule is CN1CCc2c(c(-c3c(F)cccc3Cl)nn2CC#N)C1. The van der Waals surface area contributed by atoms with Crippen LogP contribution in [0.4, 0.5) is 4.39 Å².